The molecule has 0 aliphatic heterocycles. The molecule has 0 aliphatic rings. The first-order valence-corrected chi connectivity index (χ1v) is 7.61. The molecule has 0 saturated heterocycles. The molecular weight excluding hydrogens is 252 g/mol. The van der Waals surface area contributed by atoms with Crippen LogP contribution in [0.3, 0.4) is 0 Å². The van der Waals surface area contributed by atoms with Crippen LogP contribution in [-0.4, -0.2) is 24.3 Å². The van der Waals surface area contributed by atoms with E-state index < -0.39 is 11.9 Å². The lowest BCUT2D eigenvalue weighted by Gasteiger charge is -2.13. The van der Waals surface area contributed by atoms with E-state index in [2.05, 4.69) is 6.92 Å². The summed E-state index contributed by atoms with van der Waals surface area (Å²) >= 11 is 0. The Morgan fingerprint density at radius 2 is 1.75 bits per heavy atom. The molecule has 0 heterocycles. The van der Waals surface area contributed by atoms with Crippen LogP contribution in [0.4, 0.5) is 0 Å². The quantitative estimate of drug-likeness (QED) is 0.616. The molecule has 3 heteroatoms. The summed E-state index contributed by atoms with van der Waals surface area (Å²) in [6, 6.07) is 9.29. The van der Waals surface area contributed by atoms with Gasteiger partial charge in [-0.15, -0.1) is 0 Å². The van der Waals surface area contributed by atoms with Gasteiger partial charge in [0.05, 0.1) is 6.61 Å². The number of ether oxygens (including phenoxy) is 1. The van der Waals surface area contributed by atoms with Crippen LogP contribution in [0.1, 0.15) is 56.9 Å². The highest BCUT2D eigenvalue weighted by Crippen LogP contribution is 2.16. The minimum atomic E-state index is -0.820. The highest BCUT2D eigenvalue weighted by molar-refractivity contribution is 5.76. The molecule has 0 fully saturated rings. The topological polar surface area (TPSA) is 46.5 Å². The minimum absolute atomic E-state index is 0.258. The molecular formula is C17H26O3. The van der Waals surface area contributed by atoms with Gasteiger partial charge in [-0.3, -0.25) is 4.79 Å². The number of unbranched alkanes of at least 4 members (excludes halogenated alkanes) is 5. The number of benzene rings is 1. The molecule has 0 spiro atoms. The van der Waals surface area contributed by atoms with Gasteiger partial charge in [0.1, 0.15) is 5.92 Å². The minimum Gasteiger partial charge on any atom is -0.481 e. The number of carbonyl (C=O) groups is 1. The van der Waals surface area contributed by atoms with Crippen molar-refractivity contribution in [1.82, 2.24) is 0 Å². The van der Waals surface area contributed by atoms with E-state index in [1.54, 1.807) is 0 Å². The molecule has 0 aliphatic carbocycles. The van der Waals surface area contributed by atoms with Crippen molar-refractivity contribution in [3.05, 3.63) is 35.9 Å². The zero-order valence-corrected chi connectivity index (χ0v) is 12.4. The molecule has 1 aromatic rings. The molecule has 0 amide bonds. The summed E-state index contributed by atoms with van der Waals surface area (Å²) in [7, 11) is 0. The van der Waals surface area contributed by atoms with Crippen LogP contribution >= 0.6 is 0 Å². The van der Waals surface area contributed by atoms with Gasteiger partial charge in [0, 0.05) is 6.61 Å². The highest BCUT2D eigenvalue weighted by atomic mass is 16.5. The molecule has 1 aromatic carbocycles. The average molecular weight is 278 g/mol. The second-order valence-electron chi connectivity index (χ2n) is 5.14. The van der Waals surface area contributed by atoms with Crippen LogP contribution < -0.4 is 0 Å². The summed E-state index contributed by atoms with van der Waals surface area (Å²) in [5.74, 6) is -1.38. The Hall–Kier alpha value is -1.35. The summed E-state index contributed by atoms with van der Waals surface area (Å²) in [6.07, 6.45) is 7.29. The Kier molecular flexibility index (Phi) is 8.72. The Morgan fingerprint density at radius 1 is 1.10 bits per heavy atom. The standard InChI is InChI=1S/C17H26O3/c1-2-3-4-5-6-10-13-20-14-16(17(18)19)15-11-8-7-9-12-15/h7-9,11-12,16H,2-6,10,13-14H2,1H3,(H,18,19). The summed E-state index contributed by atoms with van der Waals surface area (Å²) in [5.41, 5.74) is 0.808. The van der Waals surface area contributed by atoms with Gasteiger partial charge in [-0.25, -0.2) is 0 Å². The lowest BCUT2D eigenvalue weighted by atomic mass is 10.0. The predicted molar refractivity (Wildman–Crippen MR) is 81.0 cm³/mol. The van der Waals surface area contributed by atoms with Gasteiger partial charge >= 0.3 is 5.97 Å². The van der Waals surface area contributed by atoms with Gasteiger partial charge in [-0.1, -0.05) is 69.4 Å². The number of hydrogen-bond donors (Lipinski definition) is 1. The van der Waals surface area contributed by atoms with E-state index in [1.807, 2.05) is 30.3 Å². The second kappa shape index (κ2) is 10.4. The van der Waals surface area contributed by atoms with Crippen LogP contribution in [0.5, 0.6) is 0 Å². The average Bonchev–Trinajstić information content (AvgIpc) is 2.46. The third-order valence-corrected chi connectivity index (χ3v) is 3.43. The zero-order valence-electron chi connectivity index (χ0n) is 12.4. The summed E-state index contributed by atoms with van der Waals surface area (Å²) in [6.45, 7) is 3.12. The lowest BCUT2D eigenvalue weighted by Crippen LogP contribution is -2.18. The Morgan fingerprint density at radius 3 is 2.40 bits per heavy atom. The maximum Gasteiger partial charge on any atom is 0.313 e. The van der Waals surface area contributed by atoms with Crippen LogP contribution in [0.15, 0.2) is 30.3 Å². The van der Waals surface area contributed by atoms with E-state index in [4.69, 9.17) is 4.74 Å². The van der Waals surface area contributed by atoms with Gasteiger partial charge in [0.15, 0.2) is 0 Å². The molecule has 1 unspecified atom stereocenters. The van der Waals surface area contributed by atoms with Crippen molar-refractivity contribution in [2.45, 2.75) is 51.4 Å². The fraction of sp³-hybridized carbons (Fsp3) is 0.588. The maximum atomic E-state index is 11.3. The summed E-state index contributed by atoms with van der Waals surface area (Å²) in [4.78, 5) is 11.3. The Balaban J connectivity index is 2.19. The monoisotopic (exact) mass is 278 g/mol. The van der Waals surface area contributed by atoms with Gasteiger partial charge in [0.2, 0.25) is 0 Å². The number of hydrogen-bond acceptors (Lipinski definition) is 2. The smallest absolute Gasteiger partial charge is 0.313 e. The van der Waals surface area contributed by atoms with Crippen LogP contribution in [0.2, 0.25) is 0 Å². The van der Waals surface area contributed by atoms with Crippen molar-refractivity contribution >= 4 is 5.97 Å². The van der Waals surface area contributed by atoms with Crippen molar-refractivity contribution in [3.8, 4) is 0 Å². The zero-order chi connectivity index (χ0) is 14.6. The fourth-order valence-electron chi connectivity index (χ4n) is 2.18. The number of rotatable bonds is 11. The van der Waals surface area contributed by atoms with Gasteiger partial charge in [-0.05, 0) is 12.0 Å². The van der Waals surface area contributed by atoms with E-state index in [9.17, 15) is 9.90 Å². The van der Waals surface area contributed by atoms with Crippen LogP contribution in [-0.2, 0) is 9.53 Å². The Labute approximate surface area is 122 Å². The molecule has 1 atom stereocenters. The molecule has 0 aromatic heterocycles. The largest absolute Gasteiger partial charge is 0.481 e. The molecule has 1 rings (SSSR count). The molecule has 112 valence electrons. The van der Waals surface area contributed by atoms with Crippen molar-refractivity contribution in [1.29, 1.82) is 0 Å². The third kappa shape index (κ3) is 6.71. The molecule has 0 radical (unpaired) electrons. The third-order valence-electron chi connectivity index (χ3n) is 3.43. The fourth-order valence-corrected chi connectivity index (χ4v) is 2.18. The highest BCUT2D eigenvalue weighted by Gasteiger charge is 2.19. The van der Waals surface area contributed by atoms with Gasteiger partial charge < -0.3 is 9.84 Å². The summed E-state index contributed by atoms with van der Waals surface area (Å²) < 4.78 is 5.54. The van der Waals surface area contributed by atoms with Crippen LogP contribution in [0, 0.1) is 0 Å². The maximum absolute atomic E-state index is 11.3. The van der Waals surface area contributed by atoms with E-state index >= 15 is 0 Å². The van der Waals surface area contributed by atoms with E-state index in [-0.39, 0.29) is 6.61 Å². The van der Waals surface area contributed by atoms with Gasteiger partial charge in [-0.2, -0.15) is 0 Å². The molecule has 0 saturated carbocycles. The summed E-state index contributed by atoms with van der Waals surface area (Å²) in [5, 5.41) is 9.25. The number of carboxylic acid groups (broad SMARTS) is 1. The van der Waals surface area contributed by atoms with Crippen molar-refractivity contribution in [2.24, 2.45) is 0 Å². The first-order valence-electron chi connectivity index (χ1n) is 7.61. The Bertz CT molecular complexity index is 362. The number of carboxylic acids is 1. The lowest BCUT2D eigenvalue weighted by molar-refractivity contribution is -0.140. The van der Waals surface area contributed by atoms with Crippen molar-refractivity contribution in [3.63, 3.8) is 0 Å². The van der Waals surface area contributed by atoms with Crippen LogP contribution in [0.25, 0.3) is 0 Å². The normalized spacial score (nSPS) is 12.2. The van der Waals surface area contributed by atoms with E-state index in [0.29, 0.717) is 6.61 Å². The SMILES string of the molecule is CCCCCCCCOCC(C(=O)O)c1ccccc1. The van der Waals surface area contributed by atoms with E-state index in [1.165, 1.54) is 32.1 Å². The molecule has 0 bridgehead atoms. The van der Waals surface area contributed by atoms with Crippen molar-refractivity contribution < 1.29 is 14.6 Å². The first-order chi connectivity index (χ1) is 9.75. The van der Waals surface area contributed by atoms with E-state index in [0.717, 1.165) is 12.0 Å². The first kappa shape index (κ1) is 16.7. The van der Waals surface area contributed by atoms with Gasteiger partial charge in [0.25, 0.3) is 0 Å². The molecule has 1 N–H and O–H groups in total. The molecule has 3 nitrogen and oxygen atoms in total. The second-order valence-corrected chi connectivity index (χ2v) is 5.14. The van der Waals surface area contributed by atoms with Crippen molar-refractivity contribution in [2.75, 3.05) is 13.2 Å². The molecule has 20 heavy (non-hydrogen) atoms. The number of aliphatic carboxylic acids is 1. The predicted octanol–water partition coefficient (Wildman–Crippen LogP) is 4.23.